The summed E-state index contributed by atoms with van der Waals surface area (Å²) in [6.07, 6.45) is -1.74. The van der Waals surface area contributed by atoms with Gasteiger partial charge in [-0.3, -0.25) is 19.1 Å². The fourth-order valence-electron chi connectivity index (χ4n) is 5.82. The number of carbonyl (C=O) groups excluding carboxylic acids is 3. The number of hydrogen-bond acceptors (Lipinski definition) is 5. The quantitative estimate of drug-likeness (QED) is 0.391. The second kappa shape index (κ2) is 11.7. The SMILES string of the molecule is CC(C)n1nccc1C(=O)N[C@H](C(=O)Nc1ccc([C@H](C)C(=O)N2CCOC2C(F)(F)F)cc1F)C(C1CC1)C1CC1. The molecule has 3 amide bonds. The Morgan fingerprint density at radius 2 is 1.71 bits per heavy atom. The smallest absolute Gasteiger partial charge is 0.348 e. The zero-order valence-electron chi connectivity index (χ0n) is 23.7. The van der Waals surface area contributed by atoms with Gasteiger partial charge in [-0.1, -0.05) is 6.07 Å². The standard InChI is InChI=1S/C29H35F4N5O4/c1-15(2)38-22(10-11-34-38)25(39)36-24(23(17-4-5-17)18-6-7-18)26(40)35-21-9-8-19(14-20(21)30)16(3)27(41)37-12-13-42-28(37)29(31,32)33/h8-11,14-18,23-24,28H,4-7,12-13H2,1-3H3,(H,35,40)(H,36,39)/t16-,24-,28?/m0/s1. The first-order valence-corrected chi connectivity index (χ1v) is 14.3. The summed E-state index contributed by atoms with van der Waals surface area (Å²) in [6.45, 7) is 4.70. The lowest BCUT2D eigenvalue weighted by molar-refractivity contribution is -0.238. The van der Waals surface area contributed by atoms with Crippen molar-refractivity contribution in [3.8, 4) is 0 Å². The lowest BCUT2D eigenvalue weighted by Crippen LogP contribution is -2.50. The molecule has 3 aliphatic rings. The largest absolute Gasteiger partial charge is 0.433 e. The average molecular weight is 594 g/mol. The summed E-state index contributed by atoms with van der Waals surface area (Å²) in [4.78, 5) is 40.4. The molecular formula is C29H35F4N5O4. The Morgan fingerprint density at radius 1 is 1.05 bits per heavy atom. The highest BCUT2D eigenvalue weighted by Gasteiger charge is 2.50. The van der Waals surface area contributed by atoms with E-state index in [4.69, 9.17) is 4.74 Å². The van der Waals surface area contributed by atoms with Crippen molar-refractivity contribution in [2.45, 2.75) is 76.9 Å². The van der Waals surface area contributed by atoms with E-state index in [0.29, 0.717) is 10.6 Å². The van der Waals surface area contributed by atoms with Crippen molar-refractivity contribution in [3.63, 3.8) is 0 Å². The summed E-state index contributed by atoms with van der Waals surface area (Å²) in [7, 11) is 0. The number of ether oxygens (including phenoxy) is 1. The lowest BCUT2D eigenvalue weighted by atomic mass is 9.88. The second-order valence-corrected chi connectivity index (χ2v) is 11.7. The molecule has 3 atom stereocenters. The Kier molecular flexibility index (Phi) is 8.32. The minimum Gasteiger partial charge on any atom is -0.348 e. The van der Waals surface area contributed by atoms with Gasteiger partial charge in [-0.2, -0.15) is 18.3 Å². The van der Waals surface area contributed by atoms with Crippen LogP contribution < -0.4 is 10.6 Å². The van der Waals surface area contributed by atoms with Gasteiger partial charge in [0, 0.05) is 18.8 Å². The highest BCUT2D eigenvalue weighted by molar-refractivity contribution is 6.01. The molecule has 2 saturated carbocycles. The first-order valence-electron chi connectivity index (χ1n) is 14.3. The highest BCUT2D eigenvalue weighted by Crippen LogP contribution is 2.51. The van der Waals surface area contributed by atoms with E-state index in [1.54, 1.807) is 10.7 Å². The van der Waals surface area contributed by atoms with Crippen LogP contribution >= 0.6 is 0 Å². The third-order valence-corrected chi connectivity index (χ3v) is 8.25. The van der Waals surface area contributed by atoms with E-state index in [0.717, 1.165) is 31.7 Å². The van der Waals surface area contributed by atoms with E-state index >= 15 is 4.39 Å². The number of nitrogens with one attached hydrogen (secondary N) is 2. The van der Waals surface area contributed by atoms with Gasteiger partial charge in [0.2, 0.25) is 18.0 Å². The summed E-state index contributed by atoms with van der Waals surface area (Å²) in [6, 6.07) is 4.32. The number of hydrogen-bond donors (Lipinski definition) is 2. The van der Waals surface area contributed by atoms with Gasteiger partial charge in [0.15, 0.2) is 0 Å². The van der Waals surface area contributed by atoms with Crippen LogP contribution in [0.1, 0.15) is 74.5 Å². The van der Waals surface area contributed by atoms with Crippen molar-refractivity contribution in [1.29, 1.82) is 0 Å². The van der Waals surface area contributed by atoms with Crippen LogP contribution in [0.5, 0.6) is 0 Å². The van der Waals surface area contributed by atoms with Gasteiger partial charge in [-0.25, -0.2) is 4.39 Å². The van der Waals surface area contributed by atoms with Crippen molar-refractivity contribution in [2.24, 2.45) is 17.8 Å². The summed E-state index contributed by atoms with van der Waals surface area (Å²) in [5, 5.41) is 9.71. The summed E-state index contributed by atoms with van der Waals surface area (Å²) in [5.74, 6) is -3.28. The Balaban J connectivity index is 1.32. The maximum Gasteiger partial charge on any atom is 0.433 e. The van der Waals surface area contributed by atoms with E-state index in [-0.39, 0.29) is 48.2 Å². The van der Waals surface area contributed by atoms with Crippen molar-refractivity contribution >= 4 is 23.4 Å². The van der Waals surface area contributed by atoms with Gasteiger partial charge in [-0.15, -0.1) is 0 Å². The predicted molar refractivity (Wildman–Crippen MR) is 144 cm³/mol. The summed E-state index contributed by atoms with van der Waals surface area (Å²) in [5.41, 5.74) is 0.320. The third-order valence-electron chi connectivity index (χ3n) is 8.25. The molecule has 13 heteroatoms. The van der Waals surface area contributed by atoms with E-state index in [2.05, 4.69) is 15.7 Å². The molecule has 9 nitrogen and oxygen atoms in total. The highest BCUT2D eigenvalue weighted by atomic mass is 19.4. The zero-order chi connectivity index (χ0) is 30.3. The third kappa shape index (κ3) is 6.30. The molecule has 228 valence electrons. The van der Waals surface area contributed by atoms with E-state index in [1.165, 1.54) is 25.3 Å². The second-order valence-electron chi connectivity index (χ2n) is 11.7. The van der Waals surface area contributed by atoms with Gasteiger partial charge in [0.25, 0.3) is 5.91 Å². The molecule has 1 aromatic carbocycles. The first kappa shape index (κ1) is 30.0. The van der Waals surface area contributed by atoms with Crippen molar-refractivity contribution in [3.05, 3.63) is 47.5 Å². The normalized spacial score (nSPS) is 20.6. The summed E-state index contributed by atoms with van der Waals surface area (Å²) < 4.78 is 61.3. The Morgan fingerprint density at radius 3 is 2.29 bits per heavy atom. The maximum atomic E-state index is 15.3. The maximum absolute atomic E-state index is 15.3. The number of carbonyl (C=O) groups is 3. The van der Waals surface area contributed by atoms with Crippen LogP contribution in [0.15, 0.2) is 30.5 Å². The molecule has 1 unspecified atom stereocenters. The van der Waals surface area contributed by atoms with Gasteiger partial charge in [0.1, 0.15) is 17.6 Å². The van der Waals surface area contributed by atoms with Crippen LogP contribution in [-0.4, -0.2) is 64.0 Å². The van der Waals surface area contributed by atoms with Crippen LogP contribution in [0.25, 0.3) is 0 Å². The number of aromatic nitrogens is 2. The van der Waals surface area contributed by atoms with E-state index in [9.17, 15) is 27.6 Å². The molecule has 42 heavy (non-hydrogen) atoms. The van der Waals surface area contributed by atoms with Crippen LogP contribution in [0.2, 0.25) is 0 Å². The Hall–Kier alpha value is -3.48. The van der Waals surface area contributed by atoms with Crippen molar-refractivity contribution < 1.29 is 36.7 Å². The van der Waals surface area contributed by atoms with Crippen LogP contribution in [0, 0.1) is 23.6 Å². The first-order chi connectivity index (χ1) is 19.9. The minimum atomic E-state index is -4.75. The average Bonchev–Trinajstić information content (AvgIpc) is 3.84. The van der Waals surface area contributed by atoms with Crippen LogP contribution in [0.3, 0.4) is 0 Å². The molecule has 3 fully saturated rings. The Bertz CT molecular complexity index is 1330. The number of nitrogens with zero attached hydrogens (tertiary/aromatic N) is 3. The van der Waals surface area contributed by atoms with Gasteiger partial charge >= 0.3 is 6.18 Å². The van der Waals surface area contributed by atoms with Crippen LogP contribution in [0.4, 0.5) is 23.2 Å². The number of amides is 3. The summed E-state index contributed by atoms with van der Waals surface area (Å²) >= 11 is 0. The molecule has 0 bridgehead atoms. The molecule has 5 rings (SSSR count). The molecular weight excluding hydrogens is 558 g/mol. The van der Waals surface area contributed by atoms with E-state index in [1.807, 2.05) is 13.8 Å². The molecule has 1 saturated heterocycles. The van der Waals surface area contributed by atoms with Crippen molar-refractivity contribution in [2.75, 3.05) is 18.5 Å². The number of alkyl halides is 3. The number of benzene rings is 1. The van der Waals surface area contributed by atoms with Crippen molar-refractivity contribution in [1.82, 2.24) is 20.0 Å². The molecule has 2 heterocycles. The molecule has 0 spiro atoms. The van der Waals surface area contributed by atoms with Gasteiger partial charge in [0.05, 0.1) is 18.2 Å². The predicted octanol–water partition coefficient (Wildman–Crippen LogP) is 4.63. The molecule has 1 aliphatic heterocycles. The molecule has 1 aromatic heterocycles. The van der Waals surface area contributed by atoms with Crippen LogP contribution in [-0.2, 0) is 14.3 Å². The molecule has 2 aromatic rings. The number of halogens is 4. The number of anilines is 1. The molecule has 2 N–H and O–H groups in total. The zero-order valence-corrected chi connectivity index (χ0v) is 23.7. The minimum absolute atomic E-state index is 0.0742. The fraction of sp³-hybridized carbons (Fsp3) is 0.586. The number of rotatable bonds is 10. The molecule has 2 aliphatic carbocycles. The fourth-order valence-corrected chi connectivity index (χ4v) is 5.82. The topological polar surface area (TPSA) is 106 Å². The molecule has 0 radical (unpaired) electrons. The van der Waals surface area contributed by atoms with Gasteiger partial charge < -0.3 is 20.3 Å². The van der Waals surface area contributed by atoms with E-state index < -0.39 is 47.9 Å². The monoisotopic (exact) mass is 593 g/mol. The Labute approximate surface area is 240 Å². The van der Waals surface area contributed by atoms with Gasteiger partial charge in [-0.05, 0) is 88.0 Å². The lowest BCUT2D eigenvalue weighted by Gasteiger charge is -2.28.